The molecule has 0 bridgehead atoms. The van der Waals surface area contributed by atoms with Gasteiger partial charge in [-0.1, -0.05) is 12.1 Å². The number of aliphatic imine (C=N–C) groups is 1. The monoisotopic (exact) mass is 495 g/mol. The smallest absolute Gasteiger partial charge is 0.406 e. The number of nitrogens with one attached hydrogen (secondary N) is 1. The SMILES string of the molecule is CN(C)c1cc(CN=C(N)NCc2ccc(OC(F)(F)F)cc2)ccn1.I. The number of hydrogen-bond acceptors (Lipinski definition) is 4. The zero-order valence-corrected chi connectivity index (χ0v) is 17.2. The van der Waals surface area contributed by atoms with E-state index in [-0.39, 0.29) is 35.7 Å². The highest BCUT2D eigenvalue weighted by molar-refractivity contribution is 14.0. The average molecular weight is 495 g/mol. The Hall–Kier alpha value is -2.24. The molecule has 1 aromatic heterocycles. The van der Waals surface area contributed by atoms with Crippen LogP contribution in [0.4, 0.5) is 19.0 Å². The Morgan fingerprint density at radius 1 is 1.19 bits per heavy atom. The Labute approximate surface area is 172 Å². The highest BCUT2D eigenvalue weighted by Gasteiger charge is 2.30. The van der Waals surface area contributed by atoms with Crippen LogP contribution in [0, 0.1) is 0 Å². The minimum Gasteiger partial charge on any atom is -0.406 e. The lowest BCUT2D eigenvalue weighted by atomic mass is 10.2. The number of aromatic nitrogens is 1. The van der Waals surface area contributed by atoms with Gasteiger partial charge in [-0.05, 0) is 35.4 Å². The Bertz CT molecular complexity index is 751. The van der Waals surface area contributed by atoms with E-state index in [4.69, 9.17) is 5.73 Å². The van der Waals surface area contributed by atoms with Gasteiger partial charge in [-0.15, -0.1) is 37.1 Å². The van der Waals surface area contributed by atoms with E-state index in [0.717, 1.165) is 16.9 Å². The molecule has 1 aromatic carbocycles. The normalized spacial score (nSPS) is 11.5. The molecule has 6 nitrogen and oxygen atoms in total. The molecule has 0 saturated carbocycles. The third-order valence-corrected chi connectivity index (χ3v) is 3.33. The van der Waals surface area contributed by atoms with Crippen molar-refractivity contribution >= 4 is 35.8 Å². The predicted molar refractivity (Wildman–Crippen MR) is 109 cm³/mol. The number of nitrogens with two attached hydrogens (primary N) is 1. The van der Waals surface area contributed by atoms with Crippen LogP contribution in [0.1, 0.15) is 11.1 Å². The van der Waals surface area contributed by atoms with Gasteiger partial charge in [0.1, 0.15) is 11.6 Å². The summed E-state index contributed by atoms with van der Waals surface area (Å²) in [5.41, 5.74) is 7.53. The topological polar surface area (TPSA) is 75.8 Å². The van der Waals surface area contributed by atoms with Gasteiger partial charge in [0.25, 0.3) is 0 Å². The number of benzene rings is 1. The van der Waals surface area contributed by atoms with E-state index in [1.807, 2.05) is 31.1 Å². The first-order valence-electron chi connectivity index (χ1n) is 7.73. The molecule has 0 aliphatic carbocycles. The molecule has 27 heavy (non-hydrogen) atoms. The minimum absolute atomic E-state index is 0. The lowest BCUT2D eigenvalue weighted by Gasteiger charge is -2.12. The molecule has 3 N–H and O–H groups in total. The van der Waals surface area contributed by atoms with Crippen LogP contribution in [0.25, 0.3) is 0 Å². The second-order valence-corrected chi connectivity index (χ2v) is 5.66. The number of alkyl halides is 3. The summed E-state index contributed by atoms with van der Waals surface area (Å²) in [5, 5.41) is 2.91. The first-order valence-corrected chi connectivity index (χ1v) is 7.73. The number of guanidine groups is 1. The molecule has 10 heteroatoms. The minimum atomic E-state index is -4.70. The van der Waals surface area contributed by atoms with Crippen molar-refractivity contribution in [2.24, 2.45) is 10.7 Å². The largest absolute Gasteiger partial charge is 0.573 e. The van der Waals surface area contributed by atoms with Crippen LogP contribution in [0.2, 0.25) is 0 Å². The number of ether oxygens (including phenoxy) is 1. The van der Waals surface area contributed by atoms with Crippen molar-refractivity contribution in [1.29, 1.82) is 0 Å². The first kappa shape index (κ1) is 22.8. The van der Waals surface area contributed by atoms with Crippen molar-refractivity contribution in [2.75, 3.05) is 19.0 Å². The summed E-state index contributed by atoms with van der Waals surface area (Å²) in [6.07, 6.45) is -3.00. The molecule has 0 unspecified atom stereocenters. The highest BCUT2D eigenvalue weighted by Crippen LogP contribution is 2.22. The molecule has 0 fully saturated rings. The lowest BCUT2D eigenvalue weighted by Crippen LogP contribution is -2.31. The summed E-state index contributed by atoms with van der Waals surface area (Å²) in [4.78, 5) is 10.4. The third-order valence-electron chi connectivity index (χ3n) is 3.33. The maximum absolute atomic E-state index is 12.1. The van der Waals surface area contributed by atoms with Gasteiger partial charge in [-0.3, -0.25) is 0 Å². The van der Waals surface area contributed by atoms with E-state index in [9.17, 15) is 13.2 Å². The van der Waals surface area contributed by atoms with E-state index in [2.05, 4.69) is 20.0 Å². The van der Waals surface area contributed by atoms with Crippen LogP contribution in [-0.4, -0.2) is 31.4 Å². The van der Waals surface area contributed by atoms with E-state index in [0.29, 0.717) is 13.1 Å². The Morgan fingerprint density at radius 3 is 2.44 bits per heavy atom. The number of halogens is 4. The van der Waals surface area contributed by atoms with E-state index >= 15 is 0 Å². The average Bonchev–Trinajstić information content (AvgIpc) is 2.58. The molecule has 0 aliphatic rings. The van der Waals surface area contributed by atoms with Crippen LogP contribution >= 0.6 is 24.0 Å². The second-order valence-electron chi connectivity index (χ2n) is 5.66. The number of nitrogens with zero attached hydrogens (tertiary/aromatic N) is 3. The van der Waals surface area contributed by atoms with Crippen LogP contribution < -0.4 is 20.7 Å². The third kappa shape index (κ3) is 8.33. The zero-order valence-electron chi connectivity index (χ0n) is 14.8. The maximum Gasteiger partial charge on any atom is 0.573 e. The Balaban J connectivity index is 0.00000364. The van der Waals surface area contributed by atoms with Crippen molar-refractivity contribution < 1.29 is 17.9 Å². The van der Waals surface area contributed by atoms with Crippen LogP contribution in [0.5, 0.6) is 5.75 Å². The summed E-state index contributed by atoms with van der Waals surface area (Å²) >= 11 is 0. The van der Waals surface area contributed by atoms with E-state index < -0.39 is 6.36 Å². The van der Waals surface area contributed by atoms with Gasteiger partial charge in [-0.2, -0.15) is 0 Å². The van der Waals surface area contributed by atoms with Gasteiger partial charge in [0, 0.05) is 26.8 Å². The fourth-order valence-corrected chi connectivity index (χ4v) is 2.04. The van der Waals surface area contributed by atoms with Gasteiger partial charge < -0.3 is 20.7 Å². The number of hydrogen-bond donors (Lipinski definition) is 2. The molecule has 0 aliphatic heterocycles. The summed E-state index contributed by atoms with van der Waals surface area (Å²) in [5.74, 6) is 0.798. The molecule has 0 spiro atoms. The van der Waals surface area contributed by atoms with E-state index in [1.165, 1.54) is 24.3 Å². The molecule has 0 saturated heterocycles. The summed E-state index contributed by atoms with van der Waals surface area (Å²) < 4.78 is 40.2. The van der Waals surface area contributed by atoms with E-state index in [1.54, 1.807) is 6.20 Å². The molecular formula is C17H21F3IN5O. The number of anilines is 1. The molecule has 2 aromatic rings. The summed E-state index contributed by atoms with van der Waals surface area (Å²) in [6.45, 7) is 0.724. The Morgan fingerprint density at radius 2 is 1.85 bits per heavy atom. The van der Waals surface area contributed by atoms with Gasteiger partial charge in [0.05, 0.1) is 6.54 Å². The molecule has 148 valence electrons. The predicted octanol–water partition coefficient (Wildman–Crippen LogP) is 3.27. The van der Waals surface area contributed by atoms with Crippen molar-refractivity contribution in [3.05, 3.63) is 53.7 Å². The molecule has 0 atom stereocenters. The molecule has 2 rings (SSSR count). The summed E-state index contributed by atoms with van der Waals surface area (Å²) in [6, 6.07) is 9.30. The molecular weight excluding hydrogens is 474 g/mol. The fraction of sp³-hybridized carbons (Fsp3) is 0.294. The van der Waals surface area contributed by atoms with Gasteiger partial charge >= 0.3 is 6.36 Å². The number of pyridine rings is 1. The second kappa shape index (κ2) is 10.2. The van der Waals surface area contributed by atoms with Crippen LogP contribution in [-0.2, 0) is 13.1 Å². The zero-order chi connectivity index (χ0) is 19.2. The lowest BCUT2D eigenvalue weighted by molar-refractivity contribution is -0.274. The van der Waals surface area contributed by atoms with Crippen molar-refractivity contribution in [2.45, 2.75) is 19.5 Å². The number of rotatable bonds is 6. The maximum atomic E-state index is 12.1. The molecule has 0 amide bonds. The standard InChI is InChI=1S/C17H20F3N5O.HI/c1-25(2)15-9-13(7-8-22-15)11-24-16(21)23-10-12-3-5-14(6-4-12)26-17(18,19)20;/h3-9H,10-11H2,1-2H3,(H3,21,23,24);1H. The molecule has 0 radical (unpaired) electrons. The first-order chi connectivity index (χ1) is 12.2. The van der Waals surface area contributed by atoms with Crippen molar-refractivity contribution in [1.82, 2.24) is 10.3 Å². The highest BCUT2D eigenvalue weighted by atomic mass is 127. The van der Waals surface area contributed by atoms with Gasteiger partial charge in [0.15, 0.2) is 5.96 Å². The van der Waals surface area contributed by atoms with Gasteiger partial charge in [0.2, 0.25) is 0 Å². The van der Waals surface area contributed by atoms with Gasteiger partial charge in [-0.25, -0.2) is 9.98 Å². The van der Waals surface area contributed by atoms with Crippen LogP contribution in [0.15, 0.2) is 47.6 Å². The fourth-order valence-electron chi connectivity index (χ4n) is 2.04. The Kier molecular flexibility index (Phi) is 8.60. The summed E-state index contributed by atoms with van der Waals surface area (Å²) in [7, 11) is 3.80. The van der Waals surface area contributed by atoms with Crippen LogP contribution in [0.3, 0.4) is 0 Å². The quantitative estimate of drug-likeness (QED) is 0.366. The van der Waals surface area contributed by atoms with Crippen molar-refractivity contribution in [3.63, 3.8) is 0 Å². The van der Waals surface area contributed by atoms with Crippen molar-refractivity contribution in [3.8, 4) is 5.75 Å². The molecule has 1 heterocycles.